The second-order valence-electron chi connectivity index (χ2n) is 10.1. The molecule has 0 saturated carbocycles. The van der Waals surface area contributed by atoms with Crippen LogP contribution in [-0.4, -0.2) is 94.3 Å². The fraction of sp³-hybridized carbons (Fsp3) is 0.200. The number of ether oxygens (including phenoxy) is 3. The van der Waals surface area contributed by atoms with Gasteiger partial charge in [0.05, 0.1) is 0 Å². The fourth-order valence-electron chi connectivity index (χ4n) is 4.56. The minimum atomic E-state index is -1.99. The van der Waals surface area contributed by atoms with Crippen LogP contribution in [0.2, 0.25) is 0 Å². The van der Waals surface area contributed by atoms with Crippen molar-refractivity contribution in [3.63, 3.8) is 0 Å². The highest BCUT2D eigenvalue weighted by Gasteiger charge is 2.46. The topological polar surface area (TPSA) is 277 Å². The summed E-state index contributed by atoms with van der Waals surface area (Å²) < 4.78 is 21.4. The van der Waals surface area contributed by atoms with E-state index in [4.69, 9.17) is 18.6 Å². The first-order chi connectivity index (χ1) is 21.8. The number of hydrogen-bond acceptors (Lipinski definition) is 16. The van der Waals surface area contributed by atoms with Crippen LogP contribution in [-0.2, 0) is 14.3 Å². The van der Waals surface area contributed by atoms with Crippen LogP contribution in [0, 0.1) is 0 Å². The lowest BCUT2D eigenvalue weighted by Crippen LogP contribution is -2.60. The molecule has 3 aromatic carbocycles. The quantitative estimate of drug-likeness (QED) is 0.0759. The summed E-state index contributed by atoms with van der Waals surface area (Å²) in [6, 6.07) is 7.87. The lowest BCUT2D eigenvalue weighted by Gasteiger charge is -2.39. The highest BCUT2D eigenvalue weighted by Crippen LogP contribution is 2.45. The molecule has 242 valence electrons. The molecule has 0 amide bonds. The summed E-state index contributed by atoms with van der Waals surface area (Å²) in [6.07, 6.45) is -6.97. The molecule has 0 bridgehead atoms. The van der Waals surface area contributed by atoms with E-state index in [1.165, 1.54) is 30.3 Å². The average Bonchev–Trinajstić information content (AvgIpc) is 3.02. The predicted octanol–water partition coefficient (Wildman–Crippen LogP) is 0.842. The van der Waals surface area contributed by atoms with E-state index >= 15 is 0 Å². The molecule has 1 aliphatic rings. The molecule has 4 aromatic rings. The van der Waals surface area contributed by atoms with Gasteiger partial charge >= 0.3 is 5.97 Å². The molecule has 2 heterocycles. The number of phenolic OH excluding ortho intramolecular Hbond substituents is 6. The van der Waals surface area contributed by atoms with Crippen molar-refractivity contribution >= 4 is 23.0 Å². The Kier molecular flexibility index (Phi) is 8.53. The molecule has 16 nitrogen and oxygen atoms in total. The van der Waals surface area contributed by atoms with E-state index in [2.05, 4.69) is 0 Å². The van der Waals surface area contributed by atoms with Gasteiger partial charge in [-0.05, 0) is 42.0 Å². The summed E-state index contributed by atoms with van der Waals surface area (Å²) in [5.74, 6) is -7.08. The standard InChI is InChI=1S/C30H26O16/c31-13-4-1-11(7-15(13)33)2-6-20(36)43-10-19-22(37)25(40)27(42)30(45-19)46-29-17(35)9-18-21(24(29)39)23(38)26(41)28(44-18)12-3-5-14(32)16(34)8-12/h1-9,19,22,25,27,30-35,37,39-42H,10H2. The average molecular weight is 643 g/mol. The molecule has 1 aromatic heterocycles. The van der Waals surface area contributed by atoms with Gasteiger partial charge in [0.2, 0.25) is 23.2 Å². The van der Waals surface area contributed by atoms with Crippen molar-refractivity contribution in [1.82, 2.24) is 0 Å². The molecule has 1 aliphatic heterocycles. The monoisotopic (exact) mass is 642 g/mol. The highest BCUT2D eigenvalue weighted by atomic mass is 16.7. The summed E-state index contributed by atoms with van der Waals surface area (Å²) in [5.41, 5.74) is -1.36. The Labute approximate surface area is 256 Å². The zero-order valence-corrected chi connectivity index (χ0v) is 23.2. The van der Waals surface area contributed by atoms with Crippen molar-refractivity contribution in [2.75, 3.05) is 6.61 Å². The molecule has 1 fully saturated rings. The number of carbonyl (C=O) groups is 1. The first-order valence-electron chi connectivity index (χ1n) is 13.3. The minimum absolute atomic E-state index is 0.0423. The molecule has 46 heavy (non-hydrogen) atoms. The Balaban J connectivity index is 1.36. The van der Waals surface area contributed by atoms with Crippen LogP contribution in [0.15, 0.2) is 57.8 Å². The number of benzene rings is 3. The first kappa shape index (κ1) is 31.7. The van der Waals surface area contributed by atoms with Gasteiger partial charge in [-0.25, -0.2) is 4.79 Å². The van der Waals surface area contributed by atoms with Crippen molar-refractivity contribution in [2.24, 2.45) is 0 Å². The van der Waals surface area contributed by atoms with Gasteiger partial charge in [-0.2, -0.15) is 0 Å². The molecule has 0 spiro atoms. The second-order valence-corrected chi connectivity index (χ2v) is 10.1. The zero-order valence-electron chi connectivity index (χ0n) is 23.2. The smallest absolute Gasteiger partial charge is 0.330 e. The second kappa shape index (κ2) is 12.4. The van der Waals surface area contributed by atoms with Crippen LogP contribution < -0.4 is 10.2 Å². The predicted molar refractivity (Wildman–Crippen MR) is 153 cm³/mol. The first-order valence-corrected chi connectivity index (χ1v) is 13.3. The Hall–Kier alpha value is -5.68. The van der Waals surface area contributed by atoms with Crippen molar-refractivity contribution in [3.8, 4) is 57.3 Å². The van der Waals surface area contributed by atoms with Crippen LogP contribution in [0.1, 0.15) is 5.56 Å². The number of carbonyl (C=O) groups excluding carboxylic acids is 1. The highest BCUT2D eigenvalue weighted by molar-refractivity contribution is 5.91. The SMILES string of the molecule is O=C(C=Cc1ccc(O)c(O)c1)OCC1OC(Oc2c(O)cc3oc(-c4ccc(O)c(O)c4)c(O)c(=O)c3c2O)C(O)C(O)C1O. The molecular weight excluding hydrogens is 616 g/mol. The largest absolute Gasteiger partial charge is 0.504 e. The number of fused-ring (bicyclic) bond motifs is 1. The van der Waals surface area contributed by atoms with E-state index < -0.39 is 106 Å². The molecule has 0 aliphatic carbocycles. The third kappa shape index (κ3) is 6.00. The number of aliphatic hydroxyl groups is 3. The number of rotatable bonds is 7. The van der Waals surface area contributed by atoms with Gasteiger partial charge in [0.25, 0.3) is 0 Å². The summed E-state index contributed by atoms with van der Waals surface area (Å²) in [7, 11) is 0. The summed E-state index contributed by atoms with van der Waals surface area (Å²) >= 11 is 0. The van der Waals surface area contributed by atoms with Crippen LogP contribution in [0.4, 0.5) is 0 Å². The number of phenols is 6. The van der Waals surface area contributed by atoms with Gasteiger partial charge in [-0.15, -0.1) is 0 Å². The maximum atomic E-state index is 13.0. The Morgan fingerprint density at radius 3 is 2.13 bits per heavy atom. The van der Waals surface area contributed by atoms with Gasteiger partial charge in [0.1, 0.15) is 42.0 Å². The van der Waals surface area contributed by atoms with E-state index in [0.29, 0.717) is 5.56 Å². The molecule has 1 saturated heterocycles. The van der Waals surface area contributed by atoms with Crippen molar-refractivity contribution in [2.45, 2.75) is 30.7 Å². The van der Waals surface area contributed by atoms with E-state index in [9.17, 15) is 60.7 Å². The van der Waals surface area contributed by atoms with Gasteiger partial charge < -0.3 is 69.7 Å². The summed E-state index contributed by atoms with van der Waals surface area (Å²) in [5, 5.41) is 101. The molecule has 16 heteroatoms. The van der Waals surface area contributed by atoms with E-state index in [1.807, 2.05) is 0 Å². The molecule has 5 atom stereocenters. The number of hydrogen-bond donors (Lipinski definition) is 10. The van der Waals surface area contributed by atoms with E-state index in [-0.39, 0.29) is 11.3 Å². The Morgan fingerprint density at radius 1 is 0.783 bits per heavy atom. The lowest BCUT2D eigenvalue weighted by molar-refractivity contribution is -0.278. The van der Waals surface area contributed by atoms with Crippen molar-refractivity contribution < 1.29 is 74.5 Å². The summed E-state index contributed by atoms with van der Waals surface area (Å²) in [6.45, 7) is -0.683. The molecule has 10 N–H and O–H groups in total. The lowest BCUT2D eigenvalue weighted by atomic mass is 9.99. The van der Waals surface area contributed by atoms with Crippen LogP contribution in [0.5, 0.6) is 46.0 Å². The molecule has 0 radical (unpaired) electrons. The summed E-state index contributed by atoms with van der Waals surface area (Å²) in [4.78, 5) is 25.2. The van der Waals surface area contributed by atoms with E-state index in [0.717, 1.165) is 24.3 Å². The maximum absolute atomic E-state index is 13.0. The fourth-order valence-corrected chi connectivity index (χ4v) is 4.56. The van der Waals surface area contributed by atoms with Crippen molar-refractivity contribution in [3.05, 3.63) is 64.3 Å². The Bertz CT molecular complexity index is 1900. The number of aromatic hydroxyl groups is 7. The third-order valence-corrected chi connectivity index (χ3v) is 7.01. The number of esters is 1. The molecular formula is C30H26O16. The normalized spacial score (nSPS) is 21.4. The zero-order chi connectivity index (χ0) is 33.4. The number of aliphatic hydroxyl groups excluding tert-OH is 3. The van der Waals surface area contributed by atoms with E-state index in [1.54, 1.807) is 0 Å². The van der Waals surface area contributed by atoms with Gasteiger partial charge in [-0.1, -0.05) is 6.07 Å². The maximum Gasteiger partial charge on any atom is 0.330 e. The Morgan fingerprint density at radius 2 is 1.46 bits per heavy atom. The van der Waals surface area contributed by atoms with Gasteiger partial charge in [0, 0.05) is 17.7 Å². The van der Waals surface area contributed by atoms with Crippen LogP contribution >= 0.6 is 0 Å². The minimum Gasteiger partial charge on any atom is -0.504 e. The molecule has 5 rings (SSSR count). The van der Waals surface area contributed by atoms with Gasteiger partial charge in [0.15, 0.2) is 40.3 Å². The third-order valence-electron chi connectivity index (χ3n) is 7.01. The van der Waals surface area contributed by atoms with Crippen molar-refractivity contribution in [1.29, 1.82) is 0 Å². The van der Waals surface area contributed by atoms with Gasteiger partial charge in [-0.3, -0.25) is 4.79 Å². The van der Waals surface area contributed by atoms with Crippen LogP contribution in [0.25, 0.3) is 28.4 Å². The molecule has 5 unspecified atom stereocenters. The van der Waals surface area contributed by atoms with Crippen LogP contribution in [0.3, 0.4) is 0 Å².